The number of nitrogens with zero attached hydrogens (tertiary/aromatic N) is 1. The van der Waals surface area contributed by atoms with Crippen molar-refractivity contribution in [1.82, 2.24) is 4.90 Å². The van der Waals surface area contributed by atoms with Gasteiger partial charge in [0.25, 0.3) is 5.91 Å². The summed E-state index contributed by atoms with van der Waals surface area (Å²) in [7, 11) is 0. The van der Waals surface area contributed by atoms with Crippen molar-refractivity contribution in [2.45, 2.75) is 26.8 Å². The molecule has 0 aliphatic heterocycles. The van der Waals surface area contributed by atoms with E-state index in [4.69, 9.17) is 5.11 Å². The highest BCUT2D eigenvalue weighted by atomic mass is 32.1. The molecule has 2 aromatic rings. The number of aliphatic carboxylic acids is 1. The lowest BCUT2D eigenvalue weighted by atomic mass is 10.1. The number of halogens is 1. The molecule has 1 N–H and O–H groups in total. The van der Waals surface area contributed by atoms with Crippen LogP contribution >= 0.6 is 11.3 Å². The third-order valence-electron chi connectivity index (χ3n) is 3.47. The summed E-state index contributed by atoms with van der Waals surface area (Å²) >= 11 is 1.32. The van der Waals surface area contributed by atoms with Gasteiger partial charge in [-0.15, -0.1) is 11.3 Å². The van der Waals surface area contributed by atoms with Crippen molar-refractivity contribution in [3.8, 4) is 11.1 Å². The van der Waals surface area contributed by atoms with Crippen molar-refractivity contribution in [3.63, 3.8) is 0 Å². The SMILES string of the molecule is Cc1sc(C(=O)N(CC(=O)O)C(C)C)cc1-c1ccc(F)cc1. The second-order valence-corrected chi connectivity index (χ2v) is 6.76. The van der Waals surface area contributed by atoms with Crippen molar-refractivity contribution < 1.29 is 19.1 Å². The summed E-state index contributed by atoms with van der Waals surface area (Å²) in [5.41, 5.74) is 1.69. The third kappa shape index (κ3) is 3.96. The molecule has 0 saturated carbocycles. The van der Waals surface area contributed by atoms with E-state index >= 15 is 0 Å². The van der Waals surface area contributed by atoms with Gasteiger partial charge in [-0.2, -0.15) is 0 Å². The summed E-state index contributed by atoms with van der Waals surface area (Å²) in [6.07, 6.45) is 0. The lowest BCUT2D eigenvalue weighted by Crippen LogP contribution is -2.40. The minimum absolute atomic E-state index is 0.213. The molecule has 0 radical (unpaired) electrons. The second-order valence-electron chi connectivity index (χ2n) is 5.51. The molecule has 1 aromatic carbocycles. The van der Waals surface area contributed by atoms with Crippen LogP contribution in [0.2, 0.25) is 0 Å². The highest BCUT2D eigenvalue weighted by molar-refractivity contribution is 7.14. The smallest absolute Gasteiger partial charge is 0.323 e. The van der Waals surface area contributed by atoms with E-state index in [1.807, 2.05) is 6.92 Å². The Labute approximate surface area is 138 Å². The highest BCUT2D eigenvalue weighted by Gasteiger charge is 2.23. The number of hydrogen-bond acceptors (Lipinski definition) is 3. The number of carboxylic acids is 1. The second kappa shape index (κ2) is 6.91. The van der Waals surface area contributed by atoms with Gasteiger partial charge in [0.2, 0.25) is 0 Å². The number of carbonyl (C=O) groups is 2. The fourth-order valence-electron chi connectivity index (χ4n) is 2.28. The molecule has 0 aliphatic carbocycles. The predicted molar refractivity (Wildman–Crippen MR) is 88.3 cm³/mol. The van der Waals surface area contributed by atoms with Crippen molar-refractivity contribution in [2.24, 2.45) is 0 Å². The molecular weight excluding hydrogens is 317 g/mol. The summed E-state index contributed by atoms with van der Waals surface area (Å²) in [5, 5.41) is 8.97. The molecule has 0 unspecified atom stereocenters. The zero-order valence-electron chi connectivity index (χ0n) is 13.2. The third-order valence-corrected chi connectivity index (χ3v) is 4.51. The zero-order valence-corrected chi connectivity index (χ0v) is 14.0. The van der Waals surface area contributed by atoms with Gasteiger partial charge in [0.05, 0.1) is 4.88 Å². The van der Waals surface area contributed by atoms with Crippen LogP contribution in [0.3, 0.4) is 0 Å². The lowest BCUT2D eigenvalue weighted by Gasteiger charge is -2.24. The fourth-order valence-corrected chi connectivity index (χ4v) is 3.28. The van der Waals surface area contributed by atoms with Crippen LogP contribution in [-0.2, 0) is 4.79 Å². The maximum Gasteiger partial charge on any atom is 0.323 e. The number of rotatable bonds is 5. The van der Waals surface area contributed by atoms with Crippen LogP contribution in [0.25, 0.3) is 11.1 Å². The van der Waals surface area contributed by atoms with E-state index in [-0.39, 0.29) is 24.3 Å². The quantitative estimate of drug-likeness (QED) is 0.904. The summed E-state index contributed by atoms with van der Waals surface area (Å²) in [6.45, 7) is 5.11. The van der Waals surface area contributed by atoms with E-state index in [0.29, 0.717) is 4.88 Å². The van der Waals surface area contributed by atoms with Gasteiger partial charge < -0.3 is 10.0 Å². The average Bonchev–Trinajstić information content (AvgIpc) is 2.86. The summed E-state index contributed by atoms with van der Waals surface area (Å²) in [5.74, 6) is -1.66. The minimum Gasteiger partial charge on any atom is -0.480 e. The van der Waals surface area contributed by atoms with Crippen LogP contribution < -0.4 is 0 Å². The molecule has 1 heterocycles. The summed E-state index contributed by atoms with van der Waals surface area (Å²) in [4.78, 5) is 26.3. The topological polar surface area (TPSA) is 57.6 Å². The number of benzene rings is 1. The number of carboxylic acid groups (broad SMARTS) is 1. The standard InChI is InChI=1S/C17H18FNO3S/c1-10(2)19(9-16(20)21)17(22)15-8-14(11(3)23-15)12-4-6-13(18)7-5-12/h4-8,10H,9H2,1-3H3,(H,20,21). The van der Waals surface area contributed by atoms with Gasteiger partial charge in [0, 0.05) is 10.9 Å². The van der Waals surface area contributed by atoms with Crippen molar-refractivity contribution in [2.75, 3.05) is 6.54 Å². The molecule has 0 atom stereocenters. The molecule has 6 heteroatoms. The van der Waals surface area contributed by atoms with E-state index < -0.39 is 5.97 Å². The molecule has 0 saturated heterocycles. The van der Waals surface area contributed by atoms with Crippen LogP contribution in [0, 0.1) is 12.7 Å². The first kappa shape index (κ1) is 17.1. The number of hydrogen-bond donors (Lipinski definition) is 1. The summed E-state index contributed by atoms with van der Waals surface area (Å²) < 4.78 is 13.0. The van der Waals surface area contributed by atoms with Gasteiger partial charge in [-0.25, -0.2) is 4.39 Å². The van der Waals surface area contributed by atoms with Crippen LogP contribution in [0.4, 0.5) is 4.39 Å². The monoisotopic (exact) mass is 335 g/mol. The molecule has 0 aliphatic rings. The fraction of sp³-hybridized carbons (Fsp3) is 0.294. The van der Waals surface area contributed by atoms with Crippen LogP contribution in [0.15, 0.2) is 30.3 Å². The minimum atomic E-state index is -1.04. The molecular formula is C17H18FNO3S. The Morgan fingerprint density at radius 3 is 2.39 bits per heavy atom. The lowest BCUT2D eigenvalue weighted by molar-refractivity contribution is -0.138. The Bertz CT molecular complexity index is 722. The van der Waals surface area contributed by atoms with Crippen molar-refractivity contribution in [1.29, 1.82) is 0 Å². The predicted octanol–water partition coefficient (Wildman–Crippen LogP) is 3.80. The Morgan fingerprint density at radius 2 is 1.87 bits per heavy atom. The Balaban J connectivity index is 2.34. The molecule has 23 heavy (non-hydrogen) atoms. The largest absolute Gasteiger partial charge is 0.480 e. The maximum atomic E-state index is 13.0. The van der Waals surface area contributed by atoms with E-state index in [9.17, 15) is 14.0 Å². The first-order chi connectivity index (χ1) is 10.8. The van der Waals surface area contributed by atoms with Gasteiger partial charge in [-0.3, -0.25) is 9.59 Å². The van der Waals surface area contributed by atoms with Gasteiger partial charge in [-0.05, 0) is 50.1 Å². The Kier molecular flexibility index (Phi) is 5.15. The number of thiophene rings is 1. The van der Waals surface area contributed by atoms with Crippen LogP contribution in [-0.4, -0.2) is 34.5 Å². The van der Waals surface area contributed by atoms with Crippen molar-refractivity contribution in [3.05, 3.63) is 45.9 Å². The Morgan fingerprint density at radius 1 is 1.26 bits per heavy atom. The molecule has 4 nitrogen and oxygen atoms in total. The molecule has 0 fully saturated rings. The number of amides is 1. The normalized spacial score (nSPS) is 10.8. The molecule has 1 aromatic heterocycles. The molecule has 1 amide bonds. The van der Waals surface area contributed by atoms with Gasteiger partial charge in [0.1, 0.15) is 12.4 Å². The van der Waals surface area contributed by atoms with Gasteiger partial charge >= 0.3 is 5.97 Å². The molecule has 122 valence electrons. The van der Waals surface area contributed by atoms with Crippen LogP contribution in [0.5, 0.6) is 0 Å². The Hall–Kier alpha value is -2.21. The molecule has 2 rings (SSSR count). The highest BCUT2D eigenvalue weighted by Crippen LogP contribution is 2.32. The molecule has 0 bridgehead atoms. The average molecular weight is 335 g/mol. The number of aryl methyl sites for hydroxylation is 1. The van der Waals surface area contributed by atoms with E-state index in [1.165, 1.54) is 28.4 Å². The molecule has 0 spiro atoms. The first-order valence-electron chi connectivity index (χ1n) is 7.18. The summed E-state index contributed by atoms with van der Waals surface area (Å²) in [6, 6.07) is 7.60. The first-order valence-corrected chi connectivity index (χ1v) is 8.00. The van der Waals surface area contributed by atoms with Crippen molar-refractivity contribution >= 4 is 23.2 Å². The van der Waals surface area contributed by atoms with E-state index in [2.05, 4.69) is 0 Å². The van der Waals surface area contributed by atoms with Gasteiger partial charge in [-0.1, -0.05) is 12.1 Å². The zero-order chi connectivity index (χ0) is 17.1. The maximum absolute atomic E-state index is 13.0. The van der Waals surface area contributed by atoms with E-state index in [0.717, 1.165) is 16.0 Å². The van der Waals surface area contributed by atoms with E-state index in [1.54, 1.807) is 32.0 Å². The van der Waals surface area contributed by atoms with Gasteiger partial charge in [0.15, 0.2) is 0 Å². The van der Waals surface area contributed by atoms with Crippen LogP contribution in [0.1, 0.15) is 28.4 Å². The number of carbonyl (C=O) groups excluding carboxylic acids is 1.